The van der Waals surface area contributed by atoms with Gasteiger partial charge in [0, 0.05) is 11.8 Å². The lowest BCUT2D eigenvalue weighted by Crippen LogP contribution is -2.20. The van der Waals surface area contributed by atoms with Crippen LogP contribution in [-0.2, 0) is 4.79 Å². The van der Waals surface area contributed by atoms with Gasteiger partial charge in [0.15, 0.2) is 17.3 Å². The van der Waals surface area contributed by atoms with Gasteiger partial charge in [-0.25, -0.2) is 4.98 Å². The minimum absolute atomic E-state index is 0.297. The highest BCUT2D eigenvalue weighted by atomic mass is 16.5. The first-order valence-electron chi connectivity index (χ1n) is 10.1. The number of nitrogens with one attached hydrogen (secondary N) is 1. The Morgan fingerprint density at radius 2 is 1.64 bits per heavy atom. The fourth-order valence-corrected chi connectivity index (χ4v) is 3.11. The number of nitrogens with two attached hydrogens (primary N) is 1. The lowest BCUT2D eigenvalue weighted by atomic mass is 10.0. The zero-order valence-electron chi connectivity index (χ0n) is 18.6. The van der Waals surface area contributed by atoms with Crippen molar-refractivity contribution in [3.05, 3.63) is 83.6 Å². The number of carbonyl (C=O) groups excluding carboxylic acids is 2. The number of anilines is 1. The van der Waals surface area contributed by atoms with Gasteiger partial charge in [-0.05, 0) is 53.6 Å². The van der Waals surface area contributed by atoms with Crippen LogP contribution in [0.2, 0.25) is 0 Å². The van der Waals surface area contributed by atoms with Gasteiger partial charge in [-0.2, -0.15) is 0 Å². The summed E-state index contributed by atoms with van der Waals surface area (Å²) in [5.74, 6) is 1.28. The molecule has 8 heteroatoms. The normalized spacial score (nSPS) is 11.6. The Bertz CT molecular complexity index is 1120. The van der Waals surface area contributed by atoms with Crippen LogP contribution in [0.1, 0.15) is 27.5 Å². The van der Waals surface area contributed by atoms with Crippen LogP contribution in [0.5, 0.6) is 17.2 Å². The maximum absolute atomic E-state index is 12.6. The van der Waals surface area contributed by atoms with E-state index < -0.39 is 6.04 Å². The number of aromatic nitrogens is 1. The summed E-state index contributed by atoms with van der Waals surface area (Å²) >= 11 is 0. The first-order chi connectivity index (χ1) is 16.0. The van der Waals surface area contributed by atoms with E-state index >= 15 is 0 Å². The summed E-state index contributed by atoms with van der Waals surface area (Å²) in [5.41, 5.74) is 7.83. The van der Waals surface area contributed by atoms with Gasteiger partial charge >= 0.3 is 0 Å². The Morgan fingerprint density at radius 3 is 2.18 bits per heavy atom. The lowest BCUT2D eigenvalue weighted by Gasteiger charge is -2.13. The van der Waals surface area contributed by atoms with Crippen LogP contribution >= 0.6 is 0 Å². The molecular weight excluding hydrogens is 422 g/mol. The average molecular weight is 447 g/mol. The van der Waals surface area contributed by atoms with Gasteiger partial charge in [-0.1, -0.05) is 24.3 Å². The molecule has 170 valence electrons. The number of hydrogen-bond donors (Lipinski definition) is 2. The highest BCUT2D eigenvalue weighted by Crippen LogP contribution is 2.38. The van der Waals surface area contributed by atoms with Crippen LogP contribution in [0.15, 0.2) is 66.9 Å². The number of hydrogen-bond acceptors (Lipinski definition) is 7. The third kappa shape index (κ3) is 5.75. The first kappa shape index (κ1) is 23.5. The lowest BCUT2D eigenvalue weighted by molar-refractivity contribution is -0.115. The van der Waals surface area contributed by atoms with E-state index in [1.165, 1.54) is 27.4 Å². The summed E-state index contributed by atoms with van der Waals surface area (Å²) in [6, 6.07) is 14.4. The summed E-state index contributed by atoms with van der Waals surface area (Å²) in [6.07, 6.45) is 4.61. The number of carbonyl (C=O) groups is 2. The van der Waals surface area contributed by atoms with Crippen LogP contribution in [-0.4, -0.2) is 38.0 Å². The Morgan fingerprint density at radius 1 is 0.970 bits per heavy atom. The summed E-state index contributed by atoms with van der Waals surface area (Å²) in [4.78, 5) is 29.0. The van der Waals surface area contributed by atoms with Gasteiger partial charge in [-0.15, -0.1) is 0 Å². The number of pyridine rings is 1. The molecule has 0 radical (unpaired) electrons. The van der Waals surface area contributed by atoms with E-state index in [4.69, 9.17) is 19.9 Å². The molecule has 1 heterocycles. The standard InChI is InChI=1S/C25H25N3O5/c1-31-20-14-16(15-21(32-2)24(20)33-3)7-12-19(29)23(26)17-8-10-18(11-9-17)25(30)28-22-6-4-5-13-27-22/h4-15,23H,26H2,1-3H3,(H,27,28,30). The van der Waals surface area contributed by atoms with Crippen molar-refractivity contribution in [3.63, 3.8) is 0 Å². The monoisotopic (exact) mass is 447 g/mol. The van der Waals surface area contributed by atoms with Crippen molar-refractivity contribution in [1.82, 2.24) is 4.98 Å². The maximum Gasteiger partial charge on any atom is 0.256 e. The number of ketones is 1. The Hall–Kier alpha value is -4.17. The minimum Gasteiger partial charge on any atom is -0.493 e. The second-order valence-electron chi connectivity index (χ2n) is 6.96. The molecule has 2 aromatic carbocycles. The molecule has 1 atom stereocenters. The summed E-state index contributed by atoms with van der Waals surface area (Å²) in [7, 11) is 4.56. The van der Waals surface area contributed by atoms with E-state index in [-0.39, 0.29) is 11.7 Å². The number of methoxy groups -OCH3 is 3. The van der Waals surface area contributed by atoms with Crippen molar-refractivity contribution in [2.24, 2.45) is 5.73 Å². The van der Waals surface area contributed by atoms with E-state index in [1.54, 1.807) is 66.9 Å². The zero-order valence-corrected chi connectivity index (χ0v) is 18.6. The predicted molar refractivity (Wildman–Crippen MR) is 126 cm³/mol. The average Bonchev–Trinajstić information content (AvgIpc) is 2.86. The van der Waals surface area contributed by atoms with Crippen molar-refractivity contribution in [1.29, 1.82) is 0 Å². The van der Waals surface area contributed by atoms with Crippen LogP contribution < -0.4 is 25.3 Å². The predicted octanol–water partition coefficient (Wildman–Crippen LogP) is 3.64. The zero-order chi connectivity index (χ0) is 23.8. The minimum atomic E-state index is -0.879. The Kier molecular flexibility index (Phi) is 7.77. The molecule has 3 N–H and O–H groups in total. The molecule has 3 rings (SSSR count). The van der Waals surface area contributed by atoms with Crippen molar-refractivity contribution >= 4 is 23.6 Å². The molecule has 0 aliphatic rings. The van der Waals surface area contributed by atoms with Crippen LogP contribution in [0, 0.1) is 0 Å². The van der Waals surface area contributed by atoms with Gasteiger partial charge in [-0.3, -0.25) is 9.59 Å². The van der Waals surface area contributed by atoms with Crippen molar-refractivity contribution in [3.8, 4) is 17.2 Å². The van der Waals surface area contributed by atoms with Crippen molar-refractivity contribution in [2.75, 3.05) is 26.6 Å². The van der Waals surface area contributed by atoms with Crippen LogP contribution in [0.3, 0.4) is 0 Å². The second kappa shape index (κ2) is 10.9. The molecule has 0 saturated carbocycles. The third-order valence-corrected chi connectivity index (χ3v) is 4.87. The number of rotatable bonds is 9. The quantitative estimate of drug-likeness (QED) is 0.482. The molecule has 0 aliphatic carbocycles. The number of ether oxygens (including phenoxy) is 3. The van der Waals surface area contributed by atoms with Gasteiger partial charge in [0.2, 0.25) is 5.75 Å². The number of amides is 1. The third-order valence-electron chi connectivity index (χ3n) is 4.87. The highest BCUT2D eigenvalue weighted by Gasteiger charge is 2.16. The SMILES string of the molecule is COc1cc(C=CC(=O)C(N)c2ccc(C(=O)Nc3ccccn3)cc2)cc(OC)c1OC. The highest BCUT2D eigenvalue weighted by molar-refractivity contribution is 6.04. The summed E-state index contributed by atoms with van der Waals surface area (Å²) in [6.45, 7) is 0. The Balaban J connectivity index is 1.70. The van der Waals surface area contributed by atoms with E-state index in [2.05, 4.69) is 10.3 Å². The molecule has 1 unspecified atom stereocenters. The smallest absolute Gasteiger partial charge is 0.256 e. The molecule has 0 bridgehead atoms. The van der Waals surface area contributed by atoms with E-state index in [9.17, 15) is 9.59 Å². The van der Waals surface area contributed by atoms with Crippen LogP contribution in [0.4, 0.5) is 5.82 Å². The largest absolute Gasteiger partial charge is 0.493 e. The molecule has 8 nitrogen and oxygen atoms in total. The molecule has 0 fully saturated rings. The maximum atomic E-state index is 12.6. The molecule has 3 aromatic rings. The van der Waals surface area contributed by atoms with Crippen molar-refractivity contribution < 1.29 is 23.8 Å². The fourth-order valence-electron chi connectivity index (χ4n) is 3.11. The van der Waals surface area contributed by atoms with Gasteiger partial charge in [0.05, 0.1) is 27.4 Å². The Labute approximate surface area is 192 Å². The van der Waals surface area contributed by atoms with E-state index in [0.717, 1.165) is 0 Å². The molecule has 0 spiro atoms. The van der Waals surface area contributed by atoms with E-state index in [1.807, 2.05) is 0 Å². The van der Waals surface area contributed by atoms with Crippen LogP contribution in [0.25, 0.3) is 6.08 Å². The van der Waals surface area contributed by atoms with E-state index in [0.29, 0.717) is 39.8 Å². The summed E-state index contributed by atoms with van der Waals surface area (Å²) < 4.78 is 16.0. The van der Waals surface area contributed by atoms with Gasteiger partial charge in [0.25, 0.3) is 5.91 Å². The first-order valence-corrected chi connectivity index (χ1v) is 10.1. The fraction of sp³-hybridized carbons (Fsp3) is 0.160. The second-order valence-corrected chi connectivity index (χ2v) is 6.96. The molecule has 0 aliphatic heterocycles. The van der Waals surface area contributed by atoms with Gasteiger partial charge < -0.3 is 25.3 Å². The van der Waals surface area contributed by atoms with Crippen molar-refractivity contribution in [2.45, 2.75) is 6.04 Å². The molecule has 0 saturated heterocycles. The molecule has 1 amide bonds. The summed E-state index contributed by atoms with van der Waals surface area (Å²) in [5, 5.41) is 2.71. The molecule has 33 heavy (non-hydrogen) atoms. The number of benzene rings is 2. The van der Waals surface area contributed by atoms with Gasteiger partial charge in [0.1, 0.15) is 5.82 Å². The molecule has 1 aromatic heterocycles. The topological polar surface area (TPSA) is 113 Å². The number of nitrogens with zero attached hydrogens (tertiary/aromatic N) is 1. The molecular formula is C25H25N3O5.